The molecule has 2 N–H and O–H groups in total. The van der Waals surface area contributed by atoms with E-state index in [9.17, 15) is 9.90 Å². The summed E-state index contributed by atoms with van der Waals surface area (Å²) in [5.74, 6) is 0.720. The second-order valence-electron chi connectivity index (χ2n) is 5.33. The molecule has 0 radical (unpaired) electrons. The number of anilines is 1. The molecule has 0 aromatic heterocycles. The molecule has 1 unspecified atom stereocenters. The summed E-state index contributed by atoms with van der Waals surface area (Å²) in [5.41, 5.74) is 1.04. The molecule has 21 heavy (non-hydrogen) atoms. The Balaban J connectivity index is 1.92. The molecule has 106 valence electrons. The molecular formula is C16H14N2O3. The van der Waals surface area contributed by atoms with Crippen LogP contribution in [0.5, 0.6) is 11.5 Å². The number of carbonyl (C=O) groups excluding carboxylic acids is 1. The van der Waals surface area contributed by atoms with Gasteiger partial charge in [0, 0.05) is 6.07 Å². The Morgan fingerprint density at radius 1 is 1.19 bits per heavy atom. The quantitative estimate of drug-likeness (QED) is 0.843. The maximum absolute atomic E-state index is 12.3. The molecule has 0 spiro atoms. The third-order valence-electron chi connectivity index (χ3n) is 4.12. The normalized spacial score (nSPS) is 23.0. The summed E-state index contributed by atoms with van der Waals surface area (Å²) in [5, 5.41) is 12.6. The second kappa shape index (κ2) is 4.15. The molecule has 1 atom stereocenters. The number of ether oxygens (including phenoxy) is 1. The third-order valence-corrected chi connectivity index (χ3v) is 4.12. The molecule has 1 fully saturated rings. The van der Waals surface area contributed by atoms with Gasteiger partial charge in [-0.25, -0.2) is 4.79 Å². The number of fused-ring (bicyclic) bond motifs is 3. The molecule has 5 nitrogen and oxygen atoms in total. The van der Waals surface area contributed by atoms with Crippen molar-refractivity contribution in [2.24, 2.45) is 0 Å². The fourth-order valence-electron chi connectivity index (χ4n) is 3.09. The molecule has 2 amide bonds. The van der Waals surface area contributed by atoms with Crippen molar-refractivity contribution in [2.75, 3.05) is 18.1 Å². The molecule has 1 saturated heterocycles. The van der Waals surface area contributed by atoms with Crippen molar-refractivity contribution >= 4 is 11.7 Å². The van der Waals surface area contributed by atoms with Gasteiger partial charge in [0.15, 0.2) is 0 Å². The van der Waals surface area contributed by atoms with E-state index in [1.54, 1.807) is 23.1 Å². The largest absolute Gasteiger partial charge is 0.508 e. The van der Waals surface area contributed by atoms with Gasteiger partial charge in [-0.15, -0.1) is 0 Å². The Bertz CT molecular complexity index is 717. The summed E-state index contributed by atoms with van der Waals surface area (Å²) >= 11 is 0. The number of carbonyl (C=O) groups is 1. The molecule has 2 aliphatic rings. The number of phenols is 1. The van der Waals surface area contributed by atoms with E-state index < -0.39 is 5.54 Å². The fraction of sp³-hybridized carbons (Fsp3) is 0.188. The van der Waals surface area contributed by atoms with Crippen LogP contribution in [-0.2, 0) is 5.54 Å². The number of nitrogens with one attached hydrogen (secondary N) is 1. The first-order valence-corrected chi connectivity index (χ1v) is 6.80. The van der Waals surface area contributed by atoms with Gasteiger partial charge < -0.3 is 15.2 Å². The van der Waals surface area contributed by atoms with Gasteiger partial charge in [0.2, 0.25) is 0 Å². The van der Waals surface area contributed by atoms with Crippen LogP contribution < -0.4 is 15.0 Å². The Kier molecular flexibility index (Phi) is 2.39. The van der Waals surface area contributed by atoms with E-state index in [-0.39, 0.29) is 11.8 Å². The smallest absolute Gasteiger partial charge is 0.323 e. The van der Waals surface area contributed by atoms with Gasteiger partial charge in [-0.05, 0) is 17.7 Å². The Hall–Kier alpha value is -2.69. The van der Waals surface area contributed by atoms with Crippen LogP contribution >= 0.6 is 0 Å². The van der Waals surface area contributed by atoms with Gasteiger partial charge in [-0.2, -0.15) is 0 Å². The minimum atomic E-state index is -0.570. The van der Waals surface area contributed by atoms with Crippen molar-refractivity contribution in [3.05, 3.63) is 54.1 Å². The van der Waals surface area contributed by atoms with Gasteiger partial charge in [0.1, 0.15) is 23.6 Å². The van der Waals surface area contributed by atoms with Crippen LogP contribution in [0, 0.1) is 0 Å². The number of hydrogen-bond acceptors (Lipinski definition) is 3. The zero-order valence-electron chi connectivity index (χ0n) is 11.2. The van der Waals surface area contributed by atoms with Crippen LogP contribution in [0.3, 0.4) is 0 Å². The third kappa shape index (κ3) is 1.60. The highest BCUT2D eigenvalue weighted by Gasteiger charge is 2.51. The van der Waals surface area contributed by atoms with E-state index in [2.05, 4.69) is 5.32 Å². The average Bonchev–Trinajstić information content (AvgIpc) is 2.87. The van der Waals surface area contributed by atoms with E-state index in [0.717, 1.165) is 5.56 Å². The van der Waals surface area contributed by atoms with Crippen molar-refractivity contribution in [3.63, 3.8) is 0 Å². The summed E-state index contributed by atoms with van der Waals surface area (Å²) in [6, 6.07) is 14.5. The summed E-state index contributed by atoms with van der Waals surface area (Å²) in [6.45, 7) is 0.860. The van der Waals surface area contributed by atoms with Gasteiger partial charge in [0.05, 0.1) is 12.2 Å². The fourth-order valence-corrected chi connectivity index (χ4v) is 3.09. The summed E-state index contributed by atoms with van der Waals surface area (Å²) in [4.78, 5) is 14.0. The topological polar surface area (TPSA) is 61.8 Å². The van der Waals surface area contributed by atoms with Gasteiger partial charge in [0.25, 0.3) is 0 Å². The van der Waals surface area contributed by atoms with Gasteiger partial charge in [-0.3, -0.25) is 4.90 Å². The van der Waals surface area contributed by atoms with E-state index >= 15 is 0 Å². The lowest BCUT2D eigenvalue weighted by Gasteiger charge is -2.41. The molecule has 4 rings (SSSR count). The summed E-state index contributed by atoms with van der Waals surface area (Å²) in [6.07, 6.45) is 0. The van der Waals surface area contributed by atoms with Crippen LogP contribution in [0.15, 0.2) is 48.5 Å². The number of phenolic OH excluding ortho intramolecular Hbond substituents is 1. The minimum absolute atomic E-state index is 0.112. The zero-order valence-corrected chi connectivity index (χ0v) is 11.2. The number of urea groups is 1. The molecule has 2 aliphatic heterocycles. The van der Waals surface area contributed by atoms with E-state index in [4.69, 9.17) is 4.74 Å². The SMILES string of the molecule is O=C1NCC2(c3ccccc3)COc3ccc(O)cc3N12. The molecule has 2 aromatic carbocycles. The molecule has 5 heteroatoms. The minimum Gasteiger partial charge on any atom is -0.508 e. The van der Waals surface area contributed by atoms with E-state index in [1.165, 1.54) is 0 Å². The second-order valence-corrected chi connectivity index (χ2v) is 5.33. The van der Waals surface area contributed by atoms with Crippen LogP contribution in [0.25, 0.3) is 0 Å². The lowest BCUT2D eigenvalue weighted by atomic mass is 9.88. The standard InChI is InChI=1S/C16H14N2O3/c19-12-6-7-14-13(8-12)18-15(20)17-9-16(18,10-21-14)11-4-2-1-3-5-11/h1-8,19H,9-10H2,(H,17,20). The summed E-state index contributed by atoms with van der Waals surface area (Å²) in [7, 11) is 0. The van der Waals surface area contributed by atoms with Crippen LogP contribution in [0.2, 0.25) is 0 Å². The Labute approximate surface area is 121 Å². The predicted molar refractivity (Wildman–Crippen MR) is 77.6 cm³/mol. The van der Waals surface area contributed by atoms with Crippen LogP contribution in [0.1, 0.15) is 5.56 Å². The number of benzene rings is 2. The number of aromatic hydroxyl groups is 1. The molecule has 2 heterocycles. The molecule has 0 saturated carbocycles. The molecule has 0 aliphatic carbocycles. The van der Waals surface area contributed by atoms with E-state index in [0.29, 0.717) is 24.6 Å². The highest BCUT2D eigenvalue weighted by Crippen LogP contribution is 2.46. The first-order valence-electron chi connectivity index (χ1n) is 6.80. The maximum atomic E-state index is 12.3. The maximum Gasteiger partial charge on any atom is 0.323 e. The number of rotatable bonds is 1. The lowest BCUT2D eigenvalue weighted by Crippen LogP contribution is -2.51. The van der Waals surface area contributed by atoms with E-state index in [1.807, 2.05) is 30.3 Å². The van der Waals surface area contributed by atoms with Crippen LogP contribution in [-0.4, -0.2) is 24.3 Å². The van der Waals surface area contributed by atoms with Crippen molar-refractivity contribution in [1.29, 1.82) is 0 Å². The average molecular weight is 282 g/mol. The van der Waals surface area contributed by atoms with Gasteiger partial charge in [-0.1, -0.05) is 30.3 Å². The molecule has 0 bridgehead atoms. The van der Waals surface area contributed by atoms with Crippen molar-refractivity contribution in [1.82, 2.24) is 5.32 Å². The van der Waals surface area contributed by atoms with Crippen molar-refractivity contribution < 1.29 is 14.6 Å². The van der Waals surface area contributed by atoms with Gasteiger partial charge >= 0.3 is 6.03 Å². The number of amides is 2. The highest BCUT2D eigenvalue weighted by molar-refractivity contribution is 5.98. The van der Waals surface area contributed by atoms with Crippen molar-refractivity contribution in [2.45, 2.75) is 5.54 Å². The first-order chi connectivity index (χ1) is 10.2. The first kappa shape index (κ1) is 12.1. The number of nitrogens with zero attached hydrogens (tertiary/aromatic N) is 1. The Morgan fingerprint density at radius 3 is 2.81 bits per heavy atom. The highest BCUT2D eigenvalue weighted by atomic mass is 16.5. The van der Waals surface area contributed by atoms with Crippen molar-refractivity contribution in [3.8, 4) is 11.5 Å². The van der Waals surface area contributed by atoms with Crippen LogP contribution in [0.4, 0.5) is 10.5 Å². The molecule has 2 aromatic rings. The number of hydrogen-bond donors (Lipinski definition) is 2. The molecular weight excluding hydrogens is 268 g/mol. The monoisotopic (exact) mass is 282 g/mol. The lowest BCUT2D eigenvalue weighted by molar-refractivity contribution is 0.206. The Morgan fingerprint density at radius 2 is 2.00 bits per heavy atom. The zero-order chi connectivity index (χ0) is 14.4. The predicted octanol–water partition coefficient (Wildman–Crippen LogP) is 2.21. The summed E-state index contributed by atoms with van der Waals surface area (Å²) < 4.78 is 5.85.